The summed E-state index contributed by atoms with van der Waals surface area (Å²) in [5.41, 5.74) is 2.85. The van der Waals surface area contributed by atoms with Gasteiger partial charge in [0.05, 0.1) is 35.2 Å². The van der Waals surface area contributed by atoms with Crippen molar-refractivity contribution in [3.63, 3.8) is 0 Å². The Morgan fingerprint density at radius 3 is 2.92 bits per heavy atom. The molecule has 0 saturated carbocycles. The van der Waals surface area contributed by atoms with Gasteiger partial charge in [-0.25, -0.2) is 0 Å². The number of fused-ring (bicyclic) bond motifs is 1. The van der Waals surface area contributed by atoms with E-state index >= 15 is 0 Å². The van der Waals surface area contributed by atoms with Gasteiger partial charge in [0.15, 0.2) is 0 Å². The molecule has 0 bridgehead atoms. The fourth-order valence-corrected chi connectivity index (χ4v) is 3.16. The van der Waals surface area contributed by atoms with Crippen molar-refractivity contribution in [1.82, 2.24) is 29.8 Å². The van der Waals surface area contributed by atoms with Crippen LogP contribution in [0.3, 0.4) is 0 Å². The summed E-state index contributed by atoms with van der Waals surface area (Å²) in [4.78, 5) is 14.5. The van der Waals surface area contributed by atoms with E-state index < -0.39 is 0 Å². The number of nitrogens with zero attached hydrogens (tertiary/aromatic N) is 5. The molecule has 1 N–H and O–H groups in total. The molecule has 0 atom stereocenters. The number of amides is 1. The number of nitrogens with one attached hydrogen (secondary N) is 1. The van der Waals surface area contributed by atoms with Crippen LogP contribution in [0.25, 0.3) is 0 Å². The van der Waals surface area contributed by atoms with Gasteiger partial charge in [-0.1, -0.05) is 24.9 Å². The van der Waals surface area contributed by atoms with Crippen LogP contribution in [0.4, 0.5) is 0 Å². The summed E-state index contributed by atoms with van der Waals surface area (Å²) in [7, 11) is 0. The summed E-state index contributed by atoms with van der Waals surface area (Å²) in [6.45, 7) is 8.65. The first kappa shape index (κ1) is 17.9. The van der Waals surface area contributed by atoms with Gasteiger partial charge in [0.1, 0.15) is 6.54 Å². The SMILES string of the molecule is CCCCN1CCn2nc(CNC(=O)Cn3cc(Cl)c(C)n3)cc2C1. The summed E-state index contributed by atoms with van der Waals surface area (Å²) in [5, 5.41) is 12.3. The molecule has 0 aromatic carbocycles. The van der Waals surface area contributed by atoms with Crippen LogP contribution in [0.5, 0.6) is 0 Å². The molecule has 0 radical (unpaired) electrons. The Morgan fingerprint density at radius 1 is 1.36 bits per heavy atom. The topological polar surface area (TPSA) is 68.0 Å². The van der Waals surface area contributed by atoms with Crippen molar-refractivity contribution in [2.75, 3.05) is 13.1 Å². The fourth-order valence-electron chi connectivity index (χ4n) is 3.01. The molecule has 7 nitrogen and oxygen atoms in total. The van der Waals surface area contributed by atoms with E-state index in [1.54, 1.807) is 10.9 Å². The Labute approximate surface area is 152 Å². The molecule has 25 heavy (non-hydrogen) atoms. The normalized spacial score (nSPS) is 14.5. The van der Waals surface area contributed by atoms with Gasteiger partial charge in [-0.2, -0.15) is 10.2 Å². The molecule has 2 aromatic heterocycles. The third kappa shape index (κ3) is 4.61. The van der Waals surface area contributed by atoms with E-state index in [-0.39, 0.29) is 12.5 Å². The van der Waals surface area contributed by atoms with E-state index in [2.05, 4.69) is 38.1 Å². The van der Waals surface area contributed by atoms with E-state index in [1.165, 1.54) is 18.5 Å². The zero-order valence-electron chi connectivity index (χ0n) is 14.8. The van der Waals surface area contributed by atoms with Gasteiger partial charge in [-0.05, 0) is 26.0 Å². The standard InChI is InChI=1S/C17H25ClN6O/c1-3-4-5-22-6-7-24-15(10-22)8-14(21-24)9-19-17(25)12-23-11-16(18)13(2)20-23/h8,11H,3-7,9-10,12H2,1-2H3,(H,19,25). The van der Waals surface area contributed by atoms with Crippen LogP contribution in [0, 0.1) is 6.92 Å². The molecule has 0 aliphatic carbocycles. The highest BCUT2D eigenvalue weighted by Gasteiger charge is 2.18. The second-order valence-corrected chi connectivity index (χ2v) is 6.92. The molecule has 2 aromatic rings. The molecular formula is C17H25ClN6O. The van der Waals surface area contributed by atoms with Crippen molar-refractivity contribution in [3.8, 4) is 0 Å². The smallest absolute Gasteiger partial charge is 0.242 e. The van der Waals surface area contributed by atoms with Crippen LogP contribution in [0.2, 0.25) is 5.02 Å². The number of unbranched alkanes of at least 4 members (excludes halogenated alkanes) is 1. The van der Waals surface area contributed by atoms with Crippen LogP contribution in [-0.4, -0.2) is 43.5 Å². The average molecular weight is 365 g/mol. The molecule has 1 amide bonds. The number of aryl methyl sites for hydroxylation is 1. The van der Waals surface area contributed by atoms with Crippen molar-refractivity contribution in [2.24, 2.45) is 0 Å². The Kier molecular flexibility index (Phi) is 5.75. The summed E-state index contributed by atoms with van der Waals surface area (Å²) in [6, 6.07) is 2.09. The van der Waals surface area contributed by atoms with Gasteiger partial charge in [0, 0.05) is 19.3 Å². The van der Waals surface area contributed by atoms with Crippen LogP contribution in [0.1, 0.15) is 36.8 Å². The third-order valence-corrected chi connectivity index (χ3v) is 4.79. The maximum absolute atomic E-state index is 12.1. The van der Waals surface area contributed by atoms with E-state index in [0.717, 1.165) is 37.6 Å². The lowest BCUT2D eigenvalue weighted by Crippen LogP contribution is -2.34. The number of hydrogen-bond acceptors (Lipinski definition) is 4. The molecule has 1 aliphatic heterocycles. The highest BCUT2D eigenvalue weighted by molar-refractivity contribution is 6.31. The zero-order chi connectivity index (χ0) is 17.8. The first-order chi connectivity index (χ1) is 12.0. The number of rotatable bonds is 7. The second kappa shape index (κ2) is 8.01. The molecule has 0 saturated heterocycles. The molecule has 1 aliphatic rings. The molecule has 3 rings (SSSR count). The number of carbonyl (C=O) groups excluding carboxylic acids is 1. The van der Waals surface area contributed by atoms with Crippen molar-refractivity contribution >= 4 is 17.5 Å². The summed E-state index contributed by atoms with van der Waals surface area (Å²) in [5.74, 6) is -0.102. The number of hydrogen-bond donors (Lipinski definition) is 1. The van der Waals surface area contributed by atoms with Gasteiger partial charge in [0.2, 0.25) is 5.91 Å². The van der Waals surface area contributed by atoms with Gasteiger partial charge in [0.25, 0.3) is 0 Å². The minimum absolute atomic E-state index is 0.102. The van der Waals surface area contributed by atoms with E-state index in [4.69, 9.17) is 11.6 Å². The number of aromatic nitrogens is 4. The van der Waals surface area contributed by atoms with Crippen molar-refractivity contribution < 1.29 is 4.79 Å². The summed E-state index contributed by atoms with van der Waals surface area (Å²) < 4.78 is 3.61. The third-order valence-electron chi connectivity index (χ3n) is 4.41. The van der Waals surface area contributed by atoms with Crippen molar-refractivity contribution in [2.45, 2.75) is 52.9 Å². The maximum Gasteiger partial charge on any atom is 0.242 e. The minimum atomic E-state index is -0.102. The molecule has 8 heteroatoms. The quantitative estimate of drug-likeness (QED) is 0.815. The van der Waals surface area contributed by atoms with Gasteiger partial charge in [-0.15, -0.1) is 0 Å². The van der Waals surface area contributed by atoms with Crippen LogP contribution in [-0.2, 0) is 31.0 Å². The van der Waals surface area contributed by atoms with Crippen molar-refractivity contribution in [1.29, 1.82) is 0 Å². The molecule has 0 unspecified atom stereocenters. The first-order valence-corrected chi connectivity index (χ1v) is 9.17. The van der Waals surface area contributed by atoms with Crippen molar-refractivity contribution in [3.05, 3.63) is 34.4 Å². The Bertz CT molecular complexity index is 718. The lowest BCUT2D eigenvalue weighted by molar-refractivity contribution is -0.122. The Balaban J connectivity index is 1.51. The number of halogens is 1. The molecule has 0 spiro atoms. The summed E-state index contributed by atoms with van der Waals surface area (Å²) in [6.07, 6.45) is 4.11. The van der Waals surface area contributed by atoms with Crippen LogP contribution in [0.15, 0.2) is 12.3 Å². The second-order valence-electron chi connectivity index (χ2n) is 6.52. The highest BCUT2D eigenvalue weighted by Crippen LogP contribution is 2.14. The monoisotopic (exact) mass is 364 g/mol. The van der Waals surface area contributed by atoms with E-state index in [1.807, 2.05) is 6.92 Å². The van der Waals surface area contributed by atoms with Crippen LogP contribution < -0.4 is 5.32 Å². The van der Waals surface area contributed by atoms with Gasteiger partial charge >= 0.3 is 0 Å². The zero-order valence-corrected chi connectivity index (χ0v) is 15.6. The molecular weight excluding hydrogens is 340 g/mol. The Hall–Kier alpha value is -1.86. The molecule has 3 heterocycles. The summed E-state index contributed by atoms with van der Waals surface area (Å²) >= 11 is 5.96. The number of carbonyl (C=O) groups is 1. The highest BCUT2D eigenvalue weighted by atomic mass is 35.5. The predicted octanol–water partition coefficient (Wildman–Crippen LogP) is 1.97. The first-order valence-electron chi connectivity index (χ1n) is 8.79. The molecule has 0 fully saturated rings. The average Bonchev–Trinajstić information content (AvgIpc) is 3.13. The maximum atomic E-state index is 12.1. The minimum Gasteiger partial charge on any atom is -0.349 e. The predicted molar refractivity (Wildman–Crippen MR) is 96.2 cm³/mol. The lowest BCUT2D eigenvalue weighted by Gasteiger charge is -2.27. The Morgan fingerprint density at radius 2 is 2.20 bits per heavy atom. The van der Waals surface area contributed by atoms with Crippen LogP contribution >= 0.6 is 11.6 Å². The fraction of sp³-hybridized carbons (Fsp3) is 0.588. The largest absolute Gasteiger partial charge is 0.349 e. The molecule has 136 valence electrons. The lowest BCUT2D eigenvalue weighted by atomic mass is 10.2. The van der Waals surface area contributed by atoms with E-state index in [0.29, 0.717) is 11.6 Å². The van der Waals surface area contributed by atoms with E-state index in [9.17, 15) is 4.79 Å². The van der Waals surface area contributed by atoms with Gasteiger partial charge < -0.3 is 5.32 Å². The van der Waals surface area contributed by atoms with Gasteiger partial charge in [-0.3, -0.25) is 19.1 Å².